The van der Waals surface area contributed by atoms with Crippen molar-refractivity contribution in [2.45, 2.75) is 54.8 Å². The highest BCUT2D eigenvalue weighted by atomic mass is 32.2. The third-order valence-corrected chi connectivity index (χ3v) is 9.38. The van der Waals surface area contributed by atoms with Gasteiger partial charge in [0.15, 0.2) is 5.16 Å². The van der Waals surface area contributed by atoms with Crippen LogP contribution in [0.15, 0.2) is 69.4 Å². The first-order valence-electron chi connectivity index (χ1n) is 12.5. The Morgan fingerprint density at radius 1 is 1.00 bits per heavy atom. The number of carbonyl (C=O) groups excluding carboxylic acids is 1. The largest absolute Gasteiger partial charge is 0.339 e. The van der Waals surface area contributed by atoms with E-state index in [1.165, 1.54) is 9.87 Å². The summed E-state index contributed by atoms with van der Waals surface area (Å²) in [5.74, 6) is -0.141. The van der Waals surface area contributed by atoms with Crippen molar-refractivity contribution in [3.63, 3.8) is 0 Å². The first kappa shape index (κ1) is 28.0. The van der Waals surface area contributed by atoms with E-state index < -0.39 is 15.3 Å². The van der Waals surface area contributed by atoms with Crippen LogP contribution in [-0.4, -0.2) is 70.1 Å². The zero-order chi connectivity index (χ0) is 27.5. The molecular formula is C27H33N5O4S2. The molecule has 0 bridgehead atoms. The molecule has 0 aliphatic carbocycles. The minimum atomic E-state index is -3.59. The van der Waals surface area contributed by atoms with E-state index in [1.54, 1.807) is 42.2 Å². The molecule has 1 unspecified atom stereocenters. The minimum Gasteiger partial charge on any atom is -0.339 e. The number of thioether (sulfide) groups is 1. The molecule has 1 amide bonds. The molecule has 0 saturated carbocycles. The lowest BCUT2D eigenvalue weighted by molar-refractivity contribution is -0.131. The van der Waals surface area contributed by atoms with Gasteiger partial charge in [-0.25, -0.2) is 8.42 Å². The molecule has 1 aliphatic rings. The summed E-state index contributed by atoms with van der Waals surface area (Å²) >= 11 is 1.13. The Kier molecular flexibility index (Phi) is 8.39. The maximum atomic E-state index is 13.0. The second-order valence-corrected chi connectivity index (χ2v) is 13.6. The van der Waals surface area contributed by atoms with Crippen molar-refractivity contribution >= 4 is 27.7 Å². The molecule has 9 nitrogen and oxygen atoms in total. The van der Waals surface area contributed by atoms with Gasteiger partial charge in [0.2, 0.25) is 15.9 Å². The number of nitrogens with zero attached hydrogens (tertiary/aromatic N) is 4. The summed E-state index contributed by atoms with van der Waals surface area (Å²) in [6.07, 6.45) is 0.363. The molecule has 38 heavy (non-hydrogen) atoms. The number of carbonyl (C=O) groups is 1. The van der Waals surface area contributed by atoms with E-state index in [-0.39, 0.29) is 40.0 Å². The highest BCUT2D eigenvalue weighted by Crippen LogP contribution is 2.24. The number of amides is 1. The van der Waals surface area contributed by atoms with Crippen LogP contribution >= 0.6 is 11.8 Å². The smallest absolute Gasteiger partial charge is 0.273 e. The third-order valence-electron chi connectivity index (χ3n) is 6.50. The highest BCUT2D eigenvalue weighted by Gasteiger charge is 2.32. The Morgan fingerprint density at radius 2 is 1.63 bits per heavy atom. The van der Waals surface area contributed by atoms with Crippen molar-refractivity contribution in [3.8, 4) is 0 Å². The molecule has 1 aliphatic heterocycles. The number of aromatic amines is 1. The van der Waals surface area contributed by atoms with Gasteiger partial charge in [-0.2, -0.15) is 4.31 Å². The Bertz CT molecular complexity index is 1430. The van der Waals surface area contributed by atoms with Crippen molar-refractivity contribution < 1.29 is 13.2 Å². The van der Waals surface area contributed by atoms with Crippen molar-refractivity contribution in [1.82, 2.24) is 24.4 Å². The number of H-pyrrole nitrogens is 1. The third kappa shape index (κ3) is 6.51. The molecule has 11 heteroatoms. The predicted octanol–water partition coefficient (Wildman–Crippen LogP) is 3.07. The van der Waals surface area contributed by atoms with Crippen LogP contribution in [0.4, 0.5) is 0 Å². The van der Waals surface area contributed by atoms with Gasteiger partial charge in [-0.1, -0.05) is 75.0 Å². The molecule has 202 valence electrons. The number of rotatable bonds is 7. The molecule has 1 saturated heterocycles. The number of benzene rings is 2. The normalized spacial score (nSPS) is 15.8. The lowest BCUT2D eigenvalue weighted by Gasteiger charge is -2.35. The van der Waals surface area contributed by atoms with Crippen LogP contribution in [0, 0.1) is 0 Å². The molecule has 0 spiro atoms. The molecule has 4 rings (SSSR count). The average Bonchev–Trinajstić information content (AvgIpc) is 2.90. The molecule has 1 aromatic heterocycles. The van der Waals surface area contributed by atoms with Crippen LogP contribution < -0.4 is 5.56 Å². The summed E-state index contributed by atoms with van der Waals surface area (Å²) in [4.78, 5) is 30.3. The van der Waals surface area contributed by atoms with Gasteiger partial charge in [-0.3, -0.25) is 14.6 Å². The van der Waals surface area contributed by atoms with Gasteiger partial charge in [0.1, 0.15) is 5.69 Å². The molecular weight excluding hydrogens is 522 g/mol. The van der Waals surface area contributed by atoms with E-state index in [1.807, 2.05) is 12.1 Å². The number of hydrogen-bond donors (Lipinski definition) is 1. The monoisotopic (exact) mass is 555 g/mol. The minimum absolute atomic E-state index is 0.0518. The van der Waals surface area contributed by atoms with Crippen LogP contribution in [0.25, 0.3) is 0 Å². The van der Waals surface area contributed by atoms with Crippen LogP contribution in [0.2, 0.25) is 0 Å². The highest BCUT2D eigenvalue weighted by molar-refractivity contribution is 8.00. The van der Waals surface area contributed by atoms with Crippen LogP contribution in [-0.2, 0) is 26.7 Å². The van der Waals surface area contributed by atoms with E-state index in [9.17, 15) is 18.0 Å². The number of piperazine rings is 1. The van der Waals surface area contributed by atoms with Gasteiger partial charge < -0.3 is 4.90 Å². The van der Waals surface area contributed by atoms with Crippen LogP contribution in [0.5, 0.6) is 0 Å². The van der Waals surface area contributed by atoms with Gasteiger partial charge in [0, 0.05) is 32.6 Å². The Labute approximate surface area is 227 Å². The van der Waals surface area contributed by atoms with Crippen molar-refractivity contribution in [2.75, 3.05) is 26.2 Å². The second-order valence-electron chi connectivity index (χ2n) is 10.3. The van der Waals surface area contributed by atoms with Gasteiger partial charge in [0.05, 0.1) is 10.1 Å². The fraction of sp³-hybridized carbons (Fsp3) is 0.407. The zero-order valence-electron chi connectivity index (χ0n) is 22.0. The maximum absolute atomic E-state index is 13.0. The van der Waals surface area contributed by atoms with Gasteiger partial charge >= 0.3 is 0 Å². The number of sulfonamides is 1. The van der Waals surface area contributed by atoms with E-state index in [4.69, 9.17) is 0 Å². The Morgan fingerprint density at radius 3 is 2.21 bits per heavy atom. The standard InChI is InChI=1S/C27H33N5O4S2/c1-19(25(34)31-14-16-32(17-15-31)38(35,36)22-8-6-5-7-9-22)37-26-28-24(33)23(29-30-26)18-20-10-12-21(13-11-20)27(2,3)4/h5-13,19H,14-18H2,1-4H3,(H,28,30,33). The molecule has 3 aromatic rings. The summed E-state index contributed by atoms with van der Waals surface area (Å²) in [5, 5.41) is 8.01. The van der Waals surface area contributed by atoms with Crippen molar-refractivity contribution in [1.29, 1.82) is 0 Å². The SMILES string of the molecule is CC(Sc1nnc(Cc2ccc(C(C)(C)C)cc2)c(=O)[nH]1)C(=O)N1CCN(S(=O)(=O)c2ccccc2)CC1. The fourth-order valence-corrected chi connectivity index (χ4v) is 6.46. The number of hydrogen-bond acceptors (Lipinski definition) is 7. The number of nitrogens with one attached hydrogen (secondary N) is 1. The molecule has 2 aromatic carbocycles. The molecule has 1 atom stereocenters. The van der Waals surface area contributed by atoms with E-state index in [0.29, 0.717) is 25.2 Å². The summed E-state index contributed by atoms with van der Waals surface area (Å²) < 4.78 is 27.1. The first-order valence-corrected chi connectivity index (χ1v) is 14.8. The quantitative estimate of drug-likeness (QED) is 0.446. The van der Waals surface area contributed by atoms with Crippen molar-refractivity contribution in [2.24, 2.45) is 0 Å². The van der Waals surface area contributed by atoms with E-state index in [0.717, 1.165) is 17.3 Å². The Balaban J connectivity index is 1.33. The first-order chi connectivity index (χ1) is 17.9. The molecule has 0 radical (unpaired) electrons. The summed E-state index contributed by atoms with van der Waals surface area (Å²) in [6.45, 7) is 9.23. The summed E-state index contributed by atoms with van der Waals surface area (Å²) in [5.41, 5.74) is 2.21. The van der Waals surface area contributed by atoms with E-state index >= 15 is 0 Å². The maximum Gasteiger partial charge on any atom is 0.273 e. The fourth-order valence-electron chi connectivity index (χ4n) is 4.20. The second kappa shape index (κ2) is 11.4. The zero-order valence-corrected chi connectivity index (χ0v) is 23.7. The predicted molar refractivity (Wildman–Crippen MR) is 148 cm³/mol. The molecule has 2 heterocycles. The van der Waals surface area contributed by atoms with Gasteiger partial charge in [-0.05, 0) is 35.6 Å². The molecule has 1 fully saturated rings. The van der Waals surface area contributed by atoms with Gasteiger partial charge in [0.25, 0.3) is 5.56 Å². The number of aromatic nitrogens is 3. The van der Waals surface area contributed by atoms with Crippen molar-refractivity contribution in [3.05, 3.63) is 81.8 Å². The van der Waals surface area contributed by atoms with Crippen LogP contribution in [0.3, 0.4) is 0 Å². The lowest BCUT2D eigenvalue weighted by atomic mass is 9.86. The van der Waals surface area contributed by atoms with Gasteiger partial charge in [-0.15, -0.1) is 10.2 Å². The average molecular weight is 556 g/mol. The Hall–Kier alpha value is -3.02. The lowest BCUT2D eigenvalue weighted by Crippen LogP contribution is -2.52. The summed E-state index contributed by atoms with van der Waals surface area (Å²) in [6, 6.07) is 16.4. The summed E-state index contributed by atoms with van der Waals surface area (Å²) in [7, 11) is -3.59. The molecule has 1 N–H and O–H groups in total. The van der Waals surface area contributed by atoms with E-state index in [2.05, 4.69) is 48.1 Å². The topological polar surface area (TPSA) is 116 Å². The van der Waals surface area contributed by atoms with Crippen LogP contribution in [0.1, 0.15) is 44.5 Å².